The van der Waals surface area contributed by atoms with E-state index in [0.29, 0.717) is 41.5 Å². The number of anilines is 1. The number of nitrogens with one attached hydrogen (secondary N) is 2. The van der Waals surface area contributed by atoms with E-state index < -0.39 is 5.60 Å². The number of amides is 1. The van der Waals surface area contributed by atoms with Crippen LogP contribution in [0.25, 0.3) is 0 Å². The molecule has 0 saturated carbocycles. The van der Waals surface area contributed by atoms with Crippen LogP contribution >= 0.6 is 11.6 Å². The van der Waals surface area contributed by atoms with Crippen molar-refractivity contribution in [2.75, 3.05) is 31.9 Å². The van der Waals surface area contributed by atoms with Gasteiger partial charge in [-0.05, 0) is 70.2 Å². The Morgan fingerprint density at radius 2 is 1.87 bits per heavy atom. The largest absolute Gasteiger partial charge is 0.486 e. The zero-order chi connectivity index (χ0) is 27.6. The van der Waals surface area contributed by atoms with Gasteiger partial charge in [-0.15, -0.1) is 0 Å². The Balaban J connectivity index is 1.23. The van der Waals surface area contributed by atoms with Crippen molar-refractivity contribution >= 4 is 29.2 Å². The molecule has 39 heavy (non-hydrogen) atoms. The number of piperidine rings is 2. The number of nitrogens with two attached hydrogens (primary N) is 1. The van der Waals surface area contributed by atoms with Crippen molar-refractivity contribution in [3.63, 3.8) is 0 Å². The van der Waals surface area contributed by atoms with E-state index in [0.717, 1.165) is 49.9 Å². The normalized spacial score (nSPS) is 20.6. The molecule has 9 heteroatoms. The van der Waals surface area contributed by atoms with Gasteiger partial charge in [0.2, 0.25) is 0 Å². The average Bonchev–Trinajstić information content (AvgIpc) is 3.27. The van der Waals surface area contributed by atoms with E-state index in [1.54, 1.807) is 6.07 Å². The minimum absolute atomic E-state index is 0.0100. The second-order valence-electron chi connectivity index (χ2n) is 11.6. The molecule has 2 saturated heterocycles. The zero-order valence-electron chi connectivity index (χ0n) is 22.8. The number of ether oxygens (including phenoxy) is 2. The minimum Gasteiger partial charge on any atom is -0.486 e. The van der Waals surface area contributed by atoms with Crippen molar-refractivity contribution in [2.45, 2.75) is 70.2 Å². The average molecular weight is 555 g/mol. The van der Waals surface area contributed by atoms with Gasteiger partial charge >= 0.3 is 5.97 Å². The quantitative estimate of drug-likeness (QED) is 0.351. The van der Waals surface area contributed by atoms with Gasteiger partial charge in [-0.2, -0.15) is 0 Å². The molecule has 0 bridgehead atoms. The molecule has 5 rings (SSSR count). The number of fused-ring (bicyclic) bond motifs is 1. The first-order valence-electron chi connectivity index (χ1n) is 14.0. The van der Waals surface area contributed by atoms with Gasteiger partial charge in [0.1, 0.15) is 24.0 Å². The molecule has 0 radical (unpaired) electrons. The molecule has 0 spiro atoms. The van der Waals surface area contributed by atoms with Crippen LogP contribution in [-0.4, -0.2) is 60.6 Å². The van der Waals surface area contributed by atoms with E-state index in [-0.39, 0.29) is 36.5 Å². The van der Waals surface area contributed by atoms with Gasteiger partial charge in [-0.25, -0.2) is 0 Å². The van der Waals surface area contributed by atoms with Crippen molar-refractivity contribution < 1.29 is 19.1 Å². The lowest BCUT2D eigenvalue weighted by Gasteiger charge is -2.41. The Hall–Kier alpha value is -2.81. The van der Waals surface area contributed by atoms with Crippen LogP contribution in [0.1, 0.15) is 61.0 Å². The SMILES string of the molecule is CC1(C)Cc2c(N)c(Cl)cc(C(=O)NC3CCN(C(C(=O)OCc4ccccc4)C4CCNCC4)CC3)c2O1. The molecule has 4 N–H and O–H groups in total. The molecule has 3 aliphatic rings. The molecule has 3 aliphatic heterocycles. The number of halogens is 1. The van der Waals surface area contributed by atoms with E-state index in [2.05, 4.69) is 15.5 Å². The van der Waals surface area contributed by atoms with Crippen LogP contribution in [0.5, 0.6) is 5.75 Å². The summed E-state index contributed by atoms with van der Waals surface area (Å²) in [6, 6.07) is 11.1. The van der Waals surface area contributed by atoms with E-state index in [9.17, 15) is 9.59 Å². The molecule has 2 fully saturated rings. The highest BCUT2D eigenvalue weighted by molar-refractivity contribution is 6.33. The highest BCUT2D eigenvalue weighted by Gasteiger charge is 2.39. The summed E-state index contributed by atoms with van der Waals surface area (Å²) < 4.78 is 11.9. The molecule has 8 nitrogen and oxygen atoms in total. The second kappa shape index (κ2) is 11.7. The molecule has 2 aromatic rings. The number of rotatable bonds is 7. The topological polar surface area (TPSA) is 106 Å². The second-order valence-corrected chi connectivity index (χ2v) is 12.0. The van der Waals surface area contributed by atoms with E-state index in [4.69, 9.17) is 26.8 Å². The van der Waals surface area contributed by atoms with Crippen LogP contribution in [0.15, 0.2) is 36.4 Å². The number of hydrogen-bond acceptors (Lipinski definition) is 7. The molecule has 1 unspecified atom stereocenters. The number of esters is 1. The first-order chi connectivity index (χ1) is 18.7. The molecule has 1 atom stereocenters. The fourth-order valence-corrected chi connectivity index (χ4v) is 6.32. The van der Waals surface area contributed by atoms with Crippen molar-refractivity contribution in [1.29, 1.82) is 0 Å². The van der Waals surface area contributed by atoms with Gasteiger partial charge in [-0.1, -0.05) is 41.9 Å². The predicted molar refractivity (Wildman–Crippen MR) is 152 cm³/mol. The molecule has 0 aromatic heterocycles. The summed E-state index contributed by atoms with van der Waals surface area (Å²) in [6.07, 6.45) is 3.99. The summed E-state index contributed by atoms with van der Waals surface area (Å²) in [5.74, 6) is 0.422. The van der Waals surface area contributed by atoms with Crippen LogP contribution in [0, 0.1) is 5.92 Å². The summed E-state index contributed by atoms with van der Waals surface area (Å²) in [4.78, 5) is 29.0. The Morgan fingerprint density at radius 3 is 2.56 bits per heavy atom. The number of benzene rings is 2. The maximum Gasteiger partial charge on any atom is 0.323 e. The molecular formula is C30H39ClN4O4. The molecular weight excluding hydrogens is 516 g/mol. The van der Waals surface area contributed by atoms with Gasteiger partial charge in [0, 0.05) is 31.1 Å². The van der Waals surface area contributed by atoms with E-state index in [1.165, 1.54) is 0 Å². The monoisotopic (exact) mass is 554 g/mol. The summed E-state index contributed by atoms with van der Waals surface area (Å²) >= 11 is 6.38. The zero-order valence-corrected chi connectivity index (χ0v) is 23.6. The Morgan fingerprint density at radius 1 is 1.18 bits per heavy atom. The predicted octanol–water partition coefficient (Wildman–Crippen LogP) is 3.94. The van der Waals surface area contributed by atoms with Crippen LogP contribution in [0.4, 0.5) is 5.69 Å². The number of carbonyl (C=O) groups excluding carboxylic acids is 2. The van der Waals surface area contributed by atoms with Crippen LogP contribution in [0.2, 0.25) is 5.02 Å². The Labute approximate surface area is 235 Å². The fraction of sp³-hybridized carbons (Fsp3) is 0.533. The number of hydrogen-bond donors (Lipinski definition) is 3. The smallest absolute Gasteiger partial charge is 0.323 e. The van der Waals surface area contributed by atoms with Crippen molar-refractivity contribution in [1.82, 2.24) is 15.5 Å². The Kier molecular flexibility index (Phi) is 8.35. The number of nitrogens with zero attached hydrogens (tertiary/aromatic N) is 1. The van der Waals surface area contributed by atoms with Crippen LogP contribution in [0.3, 0.4) is 0 Å². The van der Waals surface area contributed by atoms with Gasteiger partial charge in [0.15, 0.2) is 0 Å². The van der Waals surface area contributed by atoms with E-state index >= 15 is 0 Å². The van der Waals surface area contributed by atoms with Gasteiger partial charge in [-0.3, -0.25) is 14.5 Å². The van der Waals surface area contributed by atoms with Crippen LogP contribution in [-0.2, 0) is 22.6 Å². The molecule has 1 amide bonds. The third kappa shape index (κ3) is 6.34. The summed E-state index contributed by atoms with van der Waals surface area (Å²) in [5, 5.41) is 6.95. The van der Waals surface area contributed by atoms with Crippen LogP contribution < -0.4 is 21.1 Å². The molecule has 3 heterocycles. The highest BCUT2D eigenvalue weighted by atomic mass is 35.5. The van der Waals surface area contributed by atoms with Gasteiger partial charge < -0.3 is 25.8 Å². The third-order valence-electron chi connectivity index (χ3n) is 8.15. The van der Waals surface area contributed by atoms with Gasteiger partial charge in [0.25, 0.3) is 5.91 Å². The number of carbonyl (C=O) groups is 2. The maximum absolute atomic E-state index is 13.4. The summed E-state index contributed by atoms with van der Waals surface area (Å²) in [6.45, 7) is 7.47. The minimum atomic E-state index is -0.444. The maximum atomic E-state index is 13.4. The van der Waals surface area contributed by atoms with E-state index in [1.807, 2.05) is 44.2 Å². The molecule has 2 aromatic carbocycles. The third-order valence-corrected chi connectivity index (χ3v) is 8.46. The lowest BCUT2D eigenvalue weighted by molar-refractivity contribution is -0.155. The number of likely N-dealkylation sites (tertiary alicyclic amines) is 1. The molecule has 210 valence electrons. The summed E-state index contributed by atoms with van der Waals surface area (Å²) in [7, 11) is 0. The lowest BCUT2D eigenvalue weighted by Crippen LogP contribution is -2.54. The standard InChI is InChI=1S/C30H39ClN4O4/c1-30(2)17-23-25(32)24(31)16-22(27(23)39-30)28(36)34-21-10-14-35(15-11-21)26(20-8-12-33-13-9-20)29(37)38-18-19-6-4-3-5-7-19/h3-7,16,20-21,26,33H,8-15,17-18,32H2,1-2H3,(H,34,36). The fourth-order valence-electron chi connectivity index (χ4n) is 6.10. The van der Waals surface area contributed by atoms with Gasteiger partial charge in [0.05, 0.1) is 16.3 Å². The first kappa shape index (κ1) is 27.7. The van der Waals surface area contributed by atoms with Crippen molar-refractivity contribution in [3.8, 4) is 5.75 Å². The Bertz CT molecular complexity index is 1190. The van der Waals surface area contributed by atoms with Crippen molar-refractivity contribution in [3.05, 3.63) is 58.1 Å². The van der Waals surface area contributed by atoms with Crippen molar-refractivity contribution in [2.24, 2.45) is 5.92 Å². The highest BCUT2D eigenvalue weighted by Crippen LogP contribution is 2.44. The summed E-state index contributed by atoms with van der Waals surface area (Å²) in [5.41, 5.74) is 8.44. The first-order valence-corrected chi connectivity index (χ1v) is 14.4. The number of nitrogen functional groups attached to an aromatic ring is 1. The lowest BCUT2D eigenvalue weighted by atomic mass is 9.87. The molecule has 0 aliphatic carbocycles.